The zero-order valence-electron chi connectivity index (χ0n) is 13.6. The largest absolute Gasteiger partial charge is 0.396 e. The van der Waals surface area contributed by atoms with E-state index in [0.29, 0.717) is 17.9 Å². The predicted molar refractivity (Wildman–Crippen MR) is 84.3 cm³/mol. The summed E-state index contributed by atoms with van der Waals surface area (Å²) < 4.78 is 0. The van der Waals surface area contributed by atoms with Gasteiger partial charge in [-0.25, -0.2) is 0 Å². The standard InChI is InChI=1S/C19H28O/c1-17(2)8-9-18(3,4)16-10-13(6-7-15(16)17)19(5)11-14(19)12-20/h6-7,10,14,20H,8-9,11-12H2,1-5H3/t14-,19+/m0/s1. The molecule has 0 aliphatic heterocycles. The maximum absolute atomic E-state index is 9.43. The molecule has 0 unspecified atom stereocenters. The molecule has 1 N–H and O–H groups in total. The molecule has 2 atom stereocenters. The van der Waals surface area contributed by atoms with Crippen LogP contribution in [-0.4, -0.2) is 11.7 Å². The minimum Gasteiger partial charge on any atom is -0.396 e. The molecule has 0 heterocycles. The van der Waals surface area contributed by atoms with Crippen molar-refractivity contribution in [1.29, 1.82) is 0 Å². The molecular weight excluding hydrogens is 244 g/mol. The third kappa shape index (κ3) is 1.94. The molecule has 2 aliphatic carbocycles. The van der Waals surface area contributed by atoms with Crippen LogP contribution >= 0.6 is 0 Å². The lowest BCUT2D eigenvalue weighted by Crippen LogP contribution is -2.34. The topological polar surface area (TPSA) is 20.2 Å². The molecule has 1 aromatic carbocycles. The van der Waals surface area contributed by atoms with E-state index in [1.165, 1.54) is 29.5 Å². The van der Waals surface area contributed by atoms with Gasteiger partial charge in [-0.05, 0) is 58.1 Å². The molecule has 1 saturated carbocycles. The molecule has 0 aromatic heterocycles. The average molecular weight is 272 g/mol. The highest BCUT2D eigenvalue weighted by Crippen LogP contribution is 2.55. The zero-order valence-corrected chi connectivity index (χ0v) is 13.6. The van der Waals surface area contributed by atoms with Crippen LogP contribution < -0.4 is 0 Å². The van der Waals surface area contributed by atoms with Gasteiger partial charge in [0.25, 0.3) is 0 Å². The van der Waals surface area contributed by atoms with Crippen LogP contribution in [0.25, 0.3) is 0 Å². The van der Waals surface area contributed by atoms with Crippen molar-refractivity contribution < 1.29 is 5.11 Å². The number of aliphatic hydroxyl groups is 1. The highest BCUT2D eigenvalue weighted by atomic mass is 16.3. The van der Waals surface area contributed by atoms with Gasteiger partial charge in [0.05, 0.1) is 0 Å². The first-order valence-corrected chi connectivity index (χ1v) is 7.97. The maximum Gasteiger partial charge on any atom is 0.0468 e. The van der Waals surface area contributed by atoms with Crippen molar-refractivity contribution in [3.8, 4) is 0 Å². The van der Waals surface area contributed by atoms with E-state index in [9.17, 15) is 5.11 Å². The highest BCUT2D eigenvalue weighted by Gasteiger charge is 2.51. The number of hydrogen-bond acceptors (Lipinski definition) is 1. The van der Waals surface area contributed by atoms with E-state index in [1.54, 1.807) is 0 Å². The third-order valence-electron chi connectivity index (χ3n) is 6.14. The van der Waals surface area contributed by atoms with Gasteiger partial charge in [-0.3, -0.25) is 0 Å². The minimum absolute atomic E-state index is 0.210. The molecule has 1 heteroatoms. The molecule has 1 nitrogen and oxygen atoms in total. The molecule has 0 bridgehead atoms. The Morgan fingerprint density at radius 1 is 1.00 bits per heavy atom. The second-order valence-electron chi connectivity index (χ2n) is 8.53. The Labute approximate surface area is 123 Å². The Bertz CT molecular complexity index is 541. The lowest BCUT2D eigenvalue weighted by Gasteiger charge is -2.42. The fraction of sp³-hybridized carbons (Fsp3) is 0.684. The summed E-state index contributed by atoms with van der Waals surface area (Å²) in [5.41, 5.74) is 5.28. The van der Waals surface area contributed by atoms with E-state index >= 15 is 0 Å². The fourth-order valence-corrected chi connectivity index (χ4v) is 4.02. The summed E-state index contributed by atoms with van der Waals surface area (Å²) in [6, 6.07) is 7.13. The van der Waals surface area contributed by atoms with Crippen LogP contribution in [0.1, 0.15) is 70.6 Å². The van der Waals surface area contributed by atoms with E-state index < -0.39 is 0 Å². The molecule has 3 rings (SSSR count). The zero-order chi connectivity index (χ0) is 14.8. The Morgan fingerprint density at radius 3 is 2.15 bits per heavy atom. The third-order valence-corrected chi connectivity index (χ3v) is 6.14. The number of rotatable bonds is 2. The SMILES string of the molecule is CC1(C)CCC(C)(C)c2cc([C@@]3(C)C[C@H]3CO)ccc21. The van der Waals surface area contributed by atoms with Gasteiger partial charge in [0.15, 0.2) is 0 Å². The van der Waals surface area contributed by atoms with Crippen molar-refractivity contribution in [3.05, 3.63) is 34.9 Å². The predicted octanol–water partition coefficient (Wildman–Crippen LogP) is 4.31. The van der Waals surface area contributed by atoms with Crippen molar-refractivity contribution >= 4 is 0 Å². The molecule has 20 heavy (non-hydrogen) atoms. The molecule has 0 spiro atoms. The number of aliphatic hydroxyl groups excluding tert-OH is 1. The molecule has 0 saturated heterocycles. The van der Waals surface area contributed by atoms with Crippen molar-refractivity contribution in [1.82, 2.24) is 0 Å². The van der Waals surface area contributed by atoms with Crippen molar-refractivity contribution in [3.63, 3.8) is 0 Å². The first kappa shape index (κ1) is 14.1. The smallest absolute Gasteiger partial charge is 0.0468 e. The highest BCUT2D eigenvalue weighted by molar-refractivity contribution is 5.47. The lowest BCUT2D eigenvalue weighted by molar-refractivity contribution is 0.265. The van der Waals surface area contributed by atoms with Crippen molar-refractivity contribution in [2.75, 3.05) is 6.61 Å². The number of fused-ring (bicyclic) bond motifs is 1. The van der Waals surface area contributed by atoms with Crippen molar-refractivity contribution in [2.45, 2.75) is 70.1 Å². The lowest BCUT2D eigenvalue weighted by atomic mass is 9.62. The normalized spacial score (nSPS) is 33.6. The van der Waals surface area contributed by atoms with Gasteiger partial charge in [-0.2, -0.15) is 0 Å². The summed E-state index contributed by atoms with van der Waals surface area (Å²) in [4.78, 5) is 0. The Morgan fingerprint density at radius 2 is 1.60 bits per heavy atom. The van der Waals surface area contributed by atoms with Crippen LogP contribution in [0, 0.1) is 5.92 Å². The Kier molecular flexibility index (Phi) is 2.90. The summed E-state index contributed by atoms with van der Waals surface area (Å²) in [5.74, 6) is 0.459. The van der Waals surface area contributed by atoms with Crippen LogP contribution in [0.2, 0.25) is 0 Å². The van der Waals surface area contributed by atoms with Crippen LogP contribution in [0.4, 0.5) is 0 Å². The Hall–Kier alpha value is -0.820. The molecule has 1 aromatic rings. The monoisotopic (exact) mass is 272 g/mol. The fourth-order valence-electron chi connectivity index (χ4n) is 4.02. The van der Waals surface area contributed by atoms with E-state index in [2.05, 4.69) is 52.8 Å². The Balaban J connectivity index is 2.08. The summed E-state index contributed by atoms with van der Waals surface area (Å²) in [6.45, 7) is 12.1. The summed E-state index contributed by atoms with van der Waals surface area (Å²) >= 11 is 0. The summed E-state index contributed by atoms with van der Waals surface area (Å²) in [6.07, 6.45) is 3.66. The quantitative estimate of drug-likeness (QED) is 0.850. The van der Waals surface area contributed by atoms with Gasteiger partial charge >= 0.3 is 0 Å². The van der Waals surface area contributed by atoms with Gasteiger partial charge in [-0.1, -0.05) is 52.8 Å². The number of hydrogen-bond donors (Lipinski definition) is 1. The second kappa shape index (κ2) is 4.10. The average Bonchev–Trinajstić information content (AvgIpc) is 3.08. The van der Waals surface area contributed by atoms with Crippen LogP contribution in [0.3, 0.4) is 0 Å². The molecule has 110 valence electrons. The van der Waals surface area contributed by atoms with E-state index in [1.807, 2.05) is 0 Å². The first-order chi connectivity index (χ1) is 9.21. The second-order valence-corrected chi connectivity index (χ2v) is 8.53. The molecular formula is C19H28O. The molecule has 2 aliphatic rings. The van der Waals surface area contributed by atoms with Crippen LogP contribution in [-0.2, 0) is 16.2 Å². The van der Waals surface area contributed by atoms with Gasteiger partial charge < -0.3 is 5.11 Å². The molecule has 0 amide bonds. The van der Waals surface area contributed by atoms with E-state index in [-0.39, 0.29) is 10.8 Å². The van der Waals surface area contributed by atoms with E-state index in [0.717, 1.165) is 6.42 Å². The number of benzene rings is 1. The summed E-state index contributed by atoms with van der Waals surface area (Å²) in [7, 11) is 0. The van der Waals surface area contributed by atoms with Gasteiger partial charge in [-0.15, -0.1) is 0 Å². The van der Waals surface area contributed by atoms with Crippen LogP contribution in [0.5, 0.6) is 0 Å². The van der Waals surface area contributed by atoms with Gasteiger partial charge in [0.1, 0.15) is 0 Å². The van der Waals surface area contributed by atoms with E-state index in [4.69, 9.17) is 0 Å². The van der Waals surface area contributed by atoms with Crippen molar-refractivity contribution in [2.24, 2.45) is 5.92 Å². The minimum atomic E-state index is 0.210. The molecule has 0 radical (unpaired) electrons. The van der Waals surface area contributed by atoms with Gasteiger partial charge in [0.2, 0.25) is 0 Å². The van der Waals surface area contributed by atoms with Gasteiger partial charge in [0, 0.05) is 6.61 Å². The molecule has 1 fully saturated rings. The summed E-state index contributed by atoms with van der Waals surface area (Å²) in [5, 5.41) is 9.43. The first-order valence-electron chi connectivity index (χ1n) is 7.97. The maximum atomic E-state index is 9.43. The van der Waals surface area contributed by atoms with Crippen LogP contribution in [0.15, 0.2) is 18.2 Å².